The van der Waals surface area contributed by atoms with Gasteiger partial charge in [-0.25, -0.2) is 4.98 Å². The number of rotatable bonds is 5. The summed E-state index contributed by atoms with van der Waals surface area (Å²) in [5, 5.41) is 6.44. The van der Waals surface area contributed by atoms with Crippen molar-refractivity contribution in [1.82, 2.24) is 9.55 Å². The molecule has 0 spiro atoms. The third-order valence-corrected chi connectivity index (χ3v) is 5.85. The first kappa shape index (κ1) is 17.6. The number of fused-ring (bicyclic) bond motifs is 2. The summed E-state index contributed by atoms with van der Waals surface area (Å²) in [6, 6.07) is 25.2. The van der Waals surface area contributed by atoms with E-state index in [2.05, 4.69) is 87.8 Å². The molecule has 0 fully saturated rings. The molecule has 29 heavy (non-hydrogen) atoms. The average Bonchev–Trinajstić information content (AvgIpc) is 3.30. The maximum atomic E-state index is 4.56. The van der Waals surface area contributed by atoms with Gasteiger partial charge in [0.2, 0.25) is 5.13 Å². The Hall–Kier alpha value is -3.44. The molecule has 1 N–H and O–H groups in total. The summed E-state index contributed by atoms with van der Waals surface area (Å²) in [6.45, 7) is 2.96. The zero-order valence-corrected chi connectivity index (χ0v) is 16.9. The zero-order valence-electron chi connectivity index (χ0n) is 16.0. The van der Waals surface area contributed by atoms with Gasteiger partial charge in [-0.05, 0) is 30.7 Å². The Kier molecular flexibility index (Phi) is 4.58. The number of thiazole rings is 1. The fraction of sp³-hybridized carbons (Fsp3) is 0.0833. The molecular weight excluding hydrogens is 376 g/mol. The number of hydrogen-bond acceptors (Lipinski definition) is 4. The number of hydrazone groups is 1. The number of anilines is 1. The highest BCUT2D eigenvalue weighted by atomic mass is 32.1. The second kappa shape index (κ2) is 7.53. The largest absolute Gasteiger partial charge is 0.342 e. The fourth-order valence-electron chi connectivity index (χ4n) is 3.59. The van der Waals surface area contributed by atoms with Gasteiger partial charge in [0.05, 0.1) is 16.4 Å². The van der Waals surface area contributed by atoms with E-state index in [1.807, 2.05) is 24.4 Å². The molecule has 0 amide bonds. The summed E-state index contributed by atoms with van der Waals surface area (Å²) in [5.41, 5.74) is 8.93. The molecule has 4 nitrogen and oxygen atoms in total. The summed E-state index contributed by atoms with van der Waals surface area (Å²) in [6.07, 6.45) is 4.04. The molecule has 0 aliphatic carbocycles. The van der Waals surface area contributed by atoms with Crippen molar-refractivity contribution in [1.29, 1.82) is 0 Å². The van der Waals surface area contributed by atoms with Crippen LogP contribution in [0.2, 0.25) is 0 Å². The molecule has 0 aliphatic heterocycles. The molecule has 3 aromatic carbocycles. The summed E-state index contributed by atoms with van der Waals surface area (Å²) in [7, 11) is 0. The summed E-state index contributed by atoms with van der Waals surface area (Å²) >= 11 is 1.60. The molecule has 142 valence electrons. The second-order valence-electron chi connectivity index (χ2n) is 7.08. The molecule has 0 aliphatic rings. The van der Waals surface area contributed by atoms with Crippen LogP contribution in [-0.2, 0) is 6.54 Å². The van der Waals surface area contributed by atoms with Gasteiger partial charge in [-0.2, -0.15) is 5.10 Å². The third-order valence-electron chi connectivity index (χ3n) is 4.91. The number of nitrogens with zero attached hydrogens (tertiary/aromatic N) is 3. The lowest BCUT2D eigenvalue weighted by Crippen LogP contribution is -1.98. The lowest BCUT2D eigenvalue weighted by molar-refractivity contribution is 0.835. The van der Waals surface area contributed by atoms with Crippen molar-refractivity contribution < 1.29 is 0 Å². The molecule has 0 saturated heterocycles. The fourth-order valence-corrected chi connectivity index (χ4v) is 4.41. The lowest BCUT2D eigenvalue weighted by atomic mass is 10.1. The Morgan fingerprint density at radius 2 is 1.90 bits per heavy atom. The predicted octanol–water partition coefficient (Wildman–Crippen LogP) is 6.05. The minimum atomic E-state index is 0.797. The number of para-hydroxylation sites is 2. The monoisotopic (exact) mass is 396 g/mol. The van der Waals surface area contributed by atoms with E-state index >= 15 is 0 Å². The first-order chi connectivity index (χ1) is 14.3. The number of aryl methyl sites for hydroxylation is 1. The van der Waals surface area contributed by atoms with Crippen LogP contribution in [0.25, 0.3) is 21.1 Å². The van der Waals surface area contributed by atoms with E-state index in [1.165, 1.54) is 22.0 Å². The van der Waals surface area contributed by atoms with E-state index < -0.39 is 0 Å². The zero-order chi connectivity index (χ0) is 19.6. The van der Waals surface area contributed by atoms with Crippen LogP contribution >= 0.6 is 11.3 Å². The highest BCUT2D eigenvalue weighted by Gasteiger charge is 2.07. The molecule has 0 bridgehead atoms. The minimum absolute atomic E-state index is 0.797. The van der Waals surface area contributed by atoms with E-state index in [0.29, 0.717) is 0 Å². The van der Waals surface area contributed by atoms with E-state index in [-0.39, 0.29) is 0 Å². The molecule has 0 radical (unpaired) electrons. The normalized spacial score (nSPS) is 11.6. The van der Waals surface area contributed by atoms with Crippen LogP contribution in [0.1, 0.15) is 16.7 Å². The van der Waals surface area contributed by atoms with Gasteiger partial charge < -0.3 is 4.57 Å². The quantitative estimate of drug-likeness (QED) is 0.290. The van der Waals surface area contributed by atoms with Crippen molar-refractivity contribution in [3.05, 3.63) is 95.7 Å². The number of nitrogens with one attached hydrogen (secondary N) is 1. The van der Waals surface area contributed by atoms with Crippen molar-refractivity contribution in [3.8, 4) is 0 Å². The van der Waals surface area contributed by atoms with Crippen LogP contribution in [-0.4, -0.2) is 15.8 Å². The molecular formula is C24H20N4S. The topological polar surface area (TPSA) is 42.2 Å². The SMILES string of the molecule is Cc1cccc(Cn2cc(/C=N\Nc3nc4ccccc4s3)c3ccccc32)c1. The van der Waals surface area contributed by atoms with Gasteiger partial charge in [-0.1, -0.05) is 71.5 Å². The highest BCUT2D eigenvalue weighted by molar-refractivity contribution is 7.22. The van der Waals surface area contributed by atoms with Crippen molar-refractivity contribution >= 4 is 43.8 Å². The van der Waals surface area contributed by atoms with Crippen molar-refractivity contribution in [2.24, 2.45) is 5.10 Å². The Labute approximate surface area is 173 Å². The second-order valence-corrected chi connectivity index (χ2v) is 8.11. The Morgan fingerprint density at radius 1 is 1.03 bits per heavy atom. The molecule has 0 saturated carbocycles. The molecule has 5 rings (SSSR count). The van der Waals surface area contributed by atoms with Crippen molar-refractivity contribution in [2.75, 3.05) is 5.43 Å². The summed E-state index contributed by atoms with van der Waals surface area (Å²) < 4.78 is 3.43. The Balaban J connectivity index is 1.43. The molecule has 2 heterocycles. The number of benzene rings is 3. The standard InChI is InChI=1S/C24H20N4S/c1-17-7-6-8-18(13-17)15-28-16-19(20-9-2-4-11-22(20)28)14-25-27-24-26-21-10-3-5-12-23(21)29-24/h2-14,16H,15H2,1H3,(H,26,27)/b25-14-. The van der Waals surface area contributed by atoms with Crippen molar-refractivity contribution in [2.45, 2.75) is 13.5 Å². The van der Waals surface area contributed by atoms with Crippen LogP contribution in [0.4, 0.5) is 5.13 Å². The number of hydrogen-bond donors (Lipinski definition) is 1. The smallest absolute Gasteiger partial charge is 0.204 e. The van der Waals surface area contributed by atoms with E-state index in [0.717, 1.165) is 27.5 Å². The average molecular weight is 397 g/mol. The molecule has 5 heteroatoms. The maximum absolute atomic E-state index is 4.56. The van der Waals surface area contributed by atoms with Gasteiger partial charge in [-0.3, -0.25) is 5.43 Å². The van der Waals surface area contributed by atoms with Crippen LogP contribution in [0.3, 0.4) is 0 Å². The van der Waals surface area contributed by atoms with Gasteiger partial charge in [0.25, 0.3) is 0 Å². The predicted molar refractivity (Wildman–Crippen MR) is 123 cm³/mol. The number of aromatic nitrogens is 2. The molecule has 0 atom stereocenters. The molecule has 2 aromatic heterocycles. The lowest BCUT2D eigenvalue weighted by Gasteiger charge is -2.06. The van der Waals surface area contributed by atoms with E-state index in [9.17, 15) is 0 Å². The van der Waals surface area contributed by atoms with Crippen LogP contribution in [0.15, 0.2) is 84.1 Å². The van der Waals surface area contributed by atoms with Gasteiger partial charge in [0, 0.05) is 29.2 Å². The third kappa shape index (κ3) is 3.65. The van der Waals surface area contributed by atoms with Gasteiger partial charge in [0.1, 0.15) is 0 Å². The van der Waals surface area contributed by atoms with Crippen LogP contribution < -0.4 is 5.43 Å². The molecule has 0 unspecified atom stereocenters. The van der Waals surface area contributed by atoms with E-state index in [4.69, 9.17) is 0 Å². The first-order valence-electron chi connectivity index (χ1n) is 9.54. The maximum Gasteiger partial charge on any atom is 0.204 e. The Bertz CT molecular complexity index is 1300. The van der Waals surface area contributed by atoms with E-state index in [1.54, 1.807) is 11.3 Å². The van der Waals surface area contributed by atoms with Crippen LogP contribution in [0.5, 0.6) is 0 Å². The minimum Gasteiger partial charge on any atom is -0.342 e. The van der Waals surface area contributed by atoms with Gasteiger partial charge in [0.15, 0.2) is 0 Å². The summed E-state index contributed by atoms with van der Waals surface area (Å²) in [4.78, 5) is 4.56. The summed E-state index contributed by atoms with van der Waals surface area (Å²) in [5.74, 6) is 0. The van der Waals surface area contributed by atoms with Gasteiger partial charge in [-0.15, -0.1) is 0 Å². The Morgan fingerprint density at radius 3 is 2.79 bits per heavy atom. The first-order valence-corrected chi connectivity index (χ1v) is 10.4. The highest BCUT2D eigenvalue weighted by Crippen LogP contribution is 2.25. The molecule has 5 aromatic rings. The van der Waals surface area contributed by atoms with Crippen molar-refractivity contribution in [3.63, 3.8) is 0 Å². The van der Waals surface area contributed by atoms with Crippen LogP contribution in [0, 0.1) is 6.92 Å². The van der Waals surface area contributed by atoms with Gasteiger partial charge >= 0.3 is 0 Å².